The van der Waals surface area contributed by atoms with Gasteiger partial charge in [0.2, 0.25) is 0 Å². The van der Waals surface area contributed by atoms with E-state index in [1.54, 1.807) is 0 Å². The van der Waals surface area contributed by atoms with Crippen LogP contribution in [0.4, 0.5) is 5.69 Å². The Kier molecular flexibility index (Phi) is 2.01. The summed E-state index contributed by atoms with van der Waals surface area (Å²) in [5.74, 6) is 0.0431. The van der Waals surface area contributed by atoms with Gasteiger partial charge in [0.1, 0.15) is 11.8 Å². The molecular weight excluding hydrogens is 208 g/mol. The van der Waals surface area contributed by atoms with Crippen molar-refractivity contribution in [1.29, 1.82) is 5.26 Å². The van der Waals surface area contributed by atoms with Gasteiger partial charge in [-0.1, -0.05) is 0 Å². The van der Waals surface area contributed by atoms with Crippen molar-refractivity contribution in [3.63, 3.8) is 0 Å². The first kappa shape index (κ1) is 7.89. The fourth-order valence-corrected chi connectivity index (χ4v) is 1.02. The van der Waals surface area contributed by atoms with E-state index in [2.05, 4.69) is 15.9 Å². The zero-order chi connectivity index (χ0) is 8.43. The summed E-state index contributed by atoms with van der Waals surface area (Å²) in [6.45, 7) is 0. The number of hydrogen-bond donors (Lipinski definition) is 2. The Labute approximate surface area is 72.2 Å². The Morgan fingerprint density at radius 2 is 2.18 bits per heavy atom. The fourth-order valence-electron chi connectivity index (χ4n) is 0.675. The summed E-state index contributed by atoms with van der Waals surface area (Å²) in [6, 6.07) is 4.71. The number of hydrogen-bond acceptors (Lipinski definition) is 3. The highest BCUT2D eigenvalue weighted by molar-refractivity contribution is 9.10. The summed E-state index contributed by atoms with van der Waals surface area (Å²) in [6.07, 6.45) is 0. The van der Waals surface area contributed by atoms with Crippen LogP contribution in [0.2, 0.25) is 0 Å². The minimum Gasteiger partial charge on any atom is -0.507 e. The number of rotatable bonds is 0. The van der Waals surface area contributed by atoms with E-state index in [9.17, 15) is 0 Å². The van der Waals surface area contributed by atoms with Gasteiger partial charge in [0.15, 0.2) is 0 Å². The van der Waals surface area contributed by atoms with E-state index in [0.717, 1.165) is 0 Å². The maximum absolute atomic E-state index is 9.08. The van der Waals surface area contributed by atoms with E-state index in [1.807, 2.05) is 6.07 Å². The van der Waals surface area contributed by atoms with Crippen LogP contribution in [-0.2, 0) is 0 Å². The fraction of sp³-hybridized carbons (Fsp3) is 0. The van der Waals surface area contributed by atoms with Crippen molar-refractivity contribution >= 4 is 21.6 Å². The normalized spacial score (nSPS) is 9.09. The second-order valence-corrected chi connectivity index (χ2v) is 2.86. The first-order valence-electron chi connectivity index (χ1n) is 2.83. The number of benzene rings is 1. The van der Waals surface area contributed by atoms with Crippen LogP contribution in [0.3, 0.4) is 0 Å². The highest BCUT2D eigenvalue weighted by atomic mass is 79.9. The number of aromatic hydroxyl groups is 1. The molecular formula is C7H5BrN2O. The lowest BCUT2D eigenvalue weighted by molar-refractivity contribution is 0.472. The largest absolute Gasteiger partial charge is 0.507 e. The molecule has 11 heavy (non-hydrogen) atoms. The molecule has 0 amide bonds. The Balaban J connectivity index is 3.35. The highest BCUT2D eigenvalue weighted by Gasteiger charge is 2.03. The average Bonchev–Trinajstić information content (AvgIpc) is 1.97. The van der Waals surface area contributed by atoms with E-state index in [0.29, 0.717) is 10.0 Å². The van der Waals surface area contributed by atoms with Gasteiger partial charge in [0.05, 0.1) is 15.7 Å². The van der Waals surface area contributed by atoms with Crippen molar-refractivity contribution < 1.29 is 5.11 Å². The van der Waals surface area contributed by atoms with Gasteiger partial charge in [-0.3, -0.25) is 0 Å². The smallest absolute Gasteiger partial charge is 0.131 e. The number of phenols is 1. The molecule has 0 spiro atoms. The molecule has 0 atom stereocenters. The quantitative estimate of drug-likeness (QED) is 0.643. The summed E-state index contributed by atoms with van der Waals surface area (Å²) < 4.78 is 0.475. The molecule has 0 saturated carbocycles. The molecule has 4 heteroatoms. The third kappa shape index (κ3) is 1.44. The standard InChI is InChI=1S/C7H5BrN2O/c8-5-1-4(3-9)6(10)2-7(5)11/h1-2,11H,10H2. The molecule has 0 fully saturated rings. The molecule has 0 aromatic heterocycles. The second kappa shape index (κ2) is 2.81. The van der Waals surface area contributed by atoms with Gasteiger partial charge in [-0.05, 0) is 22.0 Å². The van der Waals surface area contributed by atoms with Crippen molar-refractivity contribution in [2.24, 2.45) is 0 Å². The minimum atomic E-state index is 0.0431. The number of phenolic OH excluding ortho intramolecular Hbond substituents is 1. The first-order chi connectivity index (χ1) is 5.15. The van der Waals surface area contributed by atoms with E-state index >= 15 is 0 Å². The van der Waals surface area contributed by atoms with E-state index in [4.69, 9.17) is 16.1 Å². The van der Waals surface area contributed by atoms with Crippen LogP contribution >= 0.6 is 15.9 Å². The number of anilines is 1. The van der Waals surface area contributed by atoms with Crippen LogP contribution < -0.4 is 5.73 Å². The lowest BCUT2D eigenvalue weighted by Gasteiger charge is -1.99. The van der Waals surface area contributed by atoms with Crippen LogP contribution in [0.1, 0.15) is 5.56 Å². The average molecular weight is 213 g/mol. The van der Waals surface area contributed by atoms with Gasteiger partial charge < -0.3 is 10.8 Å². The van der Waals surface area contributed by atoms with Crippen molar-refractivity contribution in [3.05, 3.63) is 22.2 Å². The maximum Gasteiger partial charge on any atom is 0.131 e. The number of halogens is 1. The summed E-state index contributed by atoms with van der Waals surface area (Å²) in [4.78, 5) is 0. The zero-order valence-electron chi connectivity index (χ0n) is 5.50. The second-order valence-electron chi connectivity index (χ2n) is 2.00. The molecule has 0 aliphatic carbocycles. The highest BCUT2D eigenvalue weighted by Crippen LogP contribution is 2.28. The van der Waals surface area contributed by atoms with Crippen molar-refractivity contribution in [3.8, 4) is 11.8 Å². The van der Waals surface area contributed by atoms with Crippen LogP contribution in [0.25, 0.3) is 0 Å². The molecule has 56 valence electrons. The molecule has 1 rings (SSSR count). The van der Waals surface area contributed by atoms with Crippen LogP contribution in [0.15, 0.2) is 16.6 Å². The van der Waals surface area contributed by atoms with Crippen molar-refractivity contribution in [2.75, 3.05) is 5.73 Å². The minimum absolute atomic E-state index is 0.0431. The molecule has 1 aromatic rings. The third-order valence-electron chi connectivity index (χ3n) is 1.24. The Bertz CT molecular complexity index is 330. The van der Waals surface area contributed by atoms with Gasteiger partial charge in [0, 0.05) is 6.07 Å². The Morgan fingerprint density at radius 1 is 1.55 bits per heavy atom. The zero-order valence-corrected chi connectivity index (χ0v) is 7.09. The first-order valence-corrected chi connectivity index (χ1v) is 3.62. The number of nitrogen functional groups attached to an aromatic ring is 1. The van der Waals surface area contributed by atoms with Crippen LogP contribution in [-0.4, -0.2) is 5.11 Å². The molecule has 0 bridgehead atoms. The van der Waals surface area contributed by atoms with Gasteiger partial charge in [-0.25, -0.2) is 0 Å². The summed E-state index contributed by atoms with van der Waals surface area (Å²) >= 11 is 3.06. The SMILES string of the molecule is N#Cc1cc(Br)c(O)cc1N. The molecule has 1 aromatic carbocycles. The van der Waals surface area contributed by atoms with Gasteiger partial charge in [-0.2, -0.15) is 5.26 Å². The summed E-state index contributed by atoms with van der Waals surface area (Å²) in [5, 5.41) is 17.6. The van der Waals surface area contributed by atoms with Crippen molar-refractivity contribution in [2.45, 2.75) is 0 Å². The van der Waals surface area contributed by atoms with Gasteiger partial charge >= 0.3 is 0 Å². The molecule has 0 unspecified atom stereocenters. The molecule has 0 heterocycles. The predicted octanol–water partition coefficient (Wildman–Crippen LogP) is 1.61. The van der Waals surface area contributed by atoms with Crippen LogP contribution in [0, 0.1) is 11.3 Å². The summed E-state index contributed by atoms with van der Waals surface area (Å²) in [5.41, 5.74) is 6.04. The maximum atomic E-state index is 9.08. The number of nitrogens with zero attached hydrogens (tertiary/aromatic N) is 1. The number of nitriles is 1. The topological polar surface area (TPSA) is 70.0 Å². The van der Waals surface area contributed by atoms with E-state index in [-0.39, 0.29) is 11.4 Å². The van der Waals surface area contributed by atoms with Crippen molar-refractivity contribution in [1.82, 2.24) is 0 Å². The van der Waals surface area contributed by atoms with Gasteiger partial charge in [-0.15, -0.1) is 0 Å². The van der Waals surface area contributed by atoms with Gasteiger partial charge in [0.25, 0.3) is 0 Å². The van der Waals surface area contributed by atoms with E-state index in [1.165, 1.54) is 12.1 Å². The number of nitrogens with two attached hydrogens (primary N) is 1. The molecule has 3 N–H and O–H groups in total. The Morgan fingerprint density at radius 3 is 2.73 bits per heavy atom. The molecule has 0 saturated heterocycles. The molecule has 0 radical (unpaired) electrons. The lowest BCUT2D eigenvalue weighted by Crippen LogP contribution is -1.89. The molecule has 0 aliphatic heterocycles. The lowest BCUT2D eigenvalue weighted by atomic mass is 10.2. The van der Waals surface area contributed by atoms with Crippen LogP contribution in [0.5, 0.6) is 5.75 Å². The predicted molar refractivity (Wildman–Crippen MR) is 44.9 cm³/mol. The monoisotopic (exact) mass is 212 g/mol. The molecule has 0 aliphatic rings. The third-order valence-corrected chi connectivity index (χ3v) is 1.87. The van der Waals surface area contributed by atoms with E-state index < -0.39 is 0 Å². The Hall–Kier alpha value is -1.21. The summed E-state index contributed by atoms with van der Waals surface area (Å²) in [7, 11) is 0. The molecule has 3 nitrogen and oxygen atoms in total.